The van der Waals surface area contributed by atoms with E-state index in [1.165, 1.54) is 22.3 Å². The van der Waals surface area contributed by atoms with E-state index in [-0.39, 0.29) is 5.78 Å². The Balaban J connectivity index is 2.11. The second kappa shape index (κ2) is 7.40. The SMILES string of the molecule is CCC(=O)c1ccc(C)c(CCC(C)c2ccccc2C)c1. The molecule has 0 aliphatic rings. The van der Waals surface area contributed by atoms with Gasteiger partial charge in [-0.2, -0.15) is 0 Å². The van der Waals surface area contributed by atoms with Gasteiger partial charge in [0, 0.05) is 12.0 Å². The van der Waals surface area contributed by atoms with Gasteiger partial charge >= 0.3 is 0 Å². The second-order valence-electron chi connectivity index (χ2n) is 6.21. The van der Waals surface area contributed by atoms with Crippen LogP contribution in [-0.4, -0.2) is 5.78 Å². The fourth-order valence-electron chi connectivity index (χ4n) is 2.99. The van der Waals surface area contributed by atoms with Crippen molar-refractivity contribution in [3.63, 3.8) is 0 Å². The third-order valence-electron chi connectivity index (χ3n) is 4.56. The minimum atomic E-state index is 0.230. The van der Waals surface area contributed by atoms with E-state index in [0.717, 1.165) is 18.4 Å². The van der Waals surface area contributed by atoms with Crippen molar-refractivity contribution < 1.29 is 4.79 Å². The summed E-state index contributed by atoms with van der Waals surface area (Å²) in [6, 6.07) is 14.7. The van der Waals surface area contributed by atoms with Crippen LogP contribution in [0.4, 0.5) is 0 Å². The van der Waals surface area contributed by atoms with Gasteiger partial charge in [-0.05, 0) is 60.9 Å². The van der Waals surface area contributed by atoms with E-state index in [1.807, 2.05) is 13.0 Å². The number of ketones is 1. The van der Waals surface area contributed by atoms with Crippen molar-refractivity contribution in [2.75, 3.05) is 0 Å². The van der Waals surface area contributed by atoms with Crippen molar-refractivity contribution in [3.8, 4) is 0 Å². The number of carbonyl (C=O) groups is 1. The summed E-state index contributed by atoms with van der Waals surface area (Å²) in [5.74, 6) is 0.763. The van der Waals surface area contributed by atoms with Crippen molar-refractivity contribution in [2.24, 2.45) is 0 Å². The number of carbonyl (C=O) groups excluding carboxylic acids is 1. The molecule has 1 unspecified atom stereocenters. The van der Waals surface area contributed by atoms with Crippen LogP contribution in [0.2, 0.25) is 0 Å². The molecule has 1 heteroatoms. The average Bonchev–Trinajstić information content (AvgIpc) is 2.53. The number of rotatable bonds is 6. The third-order valence-corrected chi connectivity index (χ3v) is 4.56. The molecule has 0 bridgehead atoms. The van der Waals surface area contributed by atoms with E-state index in [0.29, 0.717) is 12.3 Å². The molecule has 0 saturated carbocycles. The van der Waals surface area contributed by atoms with Gasteiger partial charge in [-0.25, -0.2) is 0 Å². The molecule has 0 aliphatic heterocycles. The maximum Gasteiger partial charge on any atom is 0.162 e. The van der Waals surface area contributed by atoms with Gasteiger partial charge in [0.25, 0.3) is 0 Å². The smallest absolute Gasteiger partial charge is 0.162 e. The molecule has 2 rings (SSSR count). The van der Waals surface area contributed by atoms with Crippen LogP contribution >= 0.6 is 0 Å². The Kier molecular flexibility index (Phi) is 5.54. The highest BCUT2D eigenvalue weighted by Crippen LogP contribution is 2.25. The molecule has 0 radical (unpaired) electrons. The van der Waals surface area contributed by atoms with Crippen molar-refractivity contribution in [3.05, 3.63) is 70.3 Å². The summed E-state index contributed by atoms with van der Waals surface area (Å²) in [6.45, 7) is 8.52. The average molecular weight is 294 g/mol. The standard InChI is InChI=1S/C21H26O/c1-5-21(22)19-13-10-15(2)18(14-19)12-11-17(4)20-9-7-6-8-16(20)3/h6-10,13-14,17H,5,11-12H2,1-4H3. The van der Waals surface area contributed by atoms with Crippen LogP contribution in [-0.2, 0) is 6.42 Å². The molecule has 0 aliphatic carbocycles. The minimum Gasteiger partial charge on any atom is -0.294 e. The summed E-state index contributed by atoms with van der Waals surface area (Å²) >= 11 is 0. The predicted molar refractivity (Wildman–Crippen MR) is 93.7 cm³/mol. The normalized spacial score (nSPS) is 12.2. The van der Waals surface area contributed by atoms with E-state index in [4.69, 9.17) is 0 Å². The summed E-state index contributed by atoms with van der Waals surface area (Å²) in [4.78, 5) is 11.9. The first-order valence-electron chi connectivity index (χ1n) is 8.21. The molecular formula is C21H26O. The predicted octanol–water partition coefficient (Wildman–Crippen LogP) is 5.63. The van der Waals surface area contributed by atoms with Crippen LogP contribution in [0.25, 0.3) is 0 Å². The zero-order valence-corrected chi connectivity index (χ0v) is 14.1. The van der Waals surface area contributed by atoms with Crippen molar-refractivity contribution in [1.82, 2.24) is 0 Å². The maximum atomic E-state index is 11.9. The topological polar surface area (TPSA) is 17.1 Å². The van der Waals surface area contributed by atoms with E-state index in [2.05, 4.69) is 57.2 Å². The summed E-state index contributed by atoms with van der Waals surface area (Å²) in [7, 11) is 0. The number of aryl methyl sites for hydroxylation is 3. The van der Waals surface area contributed by atoms with Crippen LogP contribution in [0, 0.1) is 13.8 Å². The van der Waals surface area contributed by atoms with Crippen LogP contribution in [0.3, 0.4) is 0 Å². The van der Waals surface area contributed by atoms with Gasteiger partial charge in [-0.15, -0.1) is 0 Å². The zero-order chi connectivity index (χ0) is 16.1. The molecule has 0 heterocycles. The van der Waals surface area contributed by atoms with E-state index < -0.39 is 0 Å². The molecule has 0 amide bonds. The molecule has 22 heavy (non-hydrogen) atoms. The lowest BCUT2D eigenvalue weighted by molar-refractivity contribution is 0.0988. The highest BCUT2D eigenvalue weighted by Gasteiger charge is 2.11. The highest BCUT2D eigenvalue weighted by molar-refractivity contribution is 5.96. The number of hydrogen-bond donors (Lipinski definition) is 0. The van der Waals surface area contributed by atoms with Crippen LogP contribution < -0.4 is 0 Å². The van der Waals surface area contributed by atoms with Crippen LogP contribution in [0.15, 0.2) is 42.5 Å². The Morgan fingerprint density at radius 2 is 1.77 bits per heavy atom. The molecular weight excluding hydrogens is 268 g/mol. The molecule has 0 fully saturated rings. The fourth-order valence-corrected chi connectivity index (χ4v) is 2.99. The molecule has 1 atom stereocenters. The van der Waals surface area contributed by atoms with Crippen LogP contribution in [0.5, 0.6) is 0 Å². The van der Waals surface area contributed by atoms with Gasteiger partial charge in [0.05, 0.1) is 0 Å². The van der Waals surface area contributed by atoms with E-state index >= 15 is 0 Å². The van der Waals surface area contributed by atoms with Gasteiger partial charge < -0.3 is 0 Å². The van der Waals surface area contributed by atoms with Crippen LogP contribution in [0.1, 0.15) is 65.2 Å². The monoisotopic (exact) mass is 294 g/mol. The summed E-state index contributed by atoms with van der Waals surface area (Å²) in [5.41, 5.74) is 6.23. The van der Waals surface area contributed by atoms with Crippen molar-refractivity contribution >= 4 is 5.78 Å². The van der Waals surface area contributed by atoms with E-state index in [9.17, 15) is 4.79 Å². The molecule has 2 aromatic carbocycles. The second-order valence-corrected chi connectivity index (χ2v) is 6.21. The lowest BCUT2D eigenvalue weighted by atomic mass is 9.89. The molecule has 1 nitrogen and oxygen atoms in total. The number of benzene rings is 2. The van der Waals surface area contributed by atoms with Gasteiger partial charge in [0.2, 0.25) is 0 Å². The summed E-state index contributed by atoms with van der Waals surface area (Å²) < 4.78 is 0. The minimum absolute atomic E-state index is 0.230. The Labute approximate surface area is 134 Å². The lowest BCUT2D eigenvalue weighted by Gasteiger charge is -2.16. The molecule has 0 spiro atoms. The van der Waals surface area contributed by atoms with Gasteiger partial charge in [-0.3, -0.25) is 4.79 Å². The molecule has 0 N–H and O–H groups in total. The Morgan fingerprint density at radius 3 is 2.45 bits per heavy atom. The van der Waals surface area contributed by atoms with Gasteiger partial charge in [-0.1, -0.05) is 50.2 Å². The Hall–Kier alpha value is -1.89. The lowest BCUT2D eigenvalue weighted by Crippen LogP contribution is -2.02. The Bertz CT molecular complexity index is 655. The first kappa shape index (κ1) is 16.5. The molecule has 0 saturated heterocycles. The molecule has 2 aromatic rings. The van der Waals surface area contributed by atoms with Crippen molar-refractivity contribution in [1.29, 1.82) is 0 Å². The first-order valence-corrected chi connectivity index (χ1v) is 8.21. The summed E-state index contributed by atoms with van der Waals surface area (Å²) in [6.07, 6.45) is 2.70. The molecule has 116 valence electrons. The fraction of sp³-hybridized carbons (Fsp3) is 0.381. The first-order chi connectivity index (χ1) is 10.5. The number of hydrogen-bond acceptors (Lipinski definition) is 1. The quantitative estimate of drug-likeness (QED) is 0.631. The third kappa shape index (κ3) is 3.85. The zero-order valence-electron chi connectivity index (χ0n) is 14.1. The number of Topliss-reactive ketones (excluding diaryl/α,β-unsaturated/α-hetero) is 1. The molecule has 0 aromatic heterocycles. The maximum absolute atomic E-state index is 11.9. The highest BCUT2D eigenvalue weighted by atomic mass is 16.1. The van der Waals surface area contributed by atoms with E-state index in [1.54, 1.807) is 0 Å². The van der Waals surface area contributed by atoms with Gasteiger partial charge in [0.1, 0.15) is 0 Å². The largest absolute Gasteiger partial charge is 0.294 e. The van der Waals surface area contributed by atoms with Crippen molar-refractivity contribution in [2.45, 2.75) is 52.9 Å². The van der Waals surface area contributed by atoms with Gasteiger partial charge in [0.15, 0.2) is 5.78 Å². The summed E-state index contributed by atoms with van der Waals surface area (Å²) in [5, 5.41) is 0. The Morgan fingerprint density at radius 1 is 1.05 bits per heavy atom.